The van der Waals surface area contributed by atoms with Crippen LogP contribution in [-0.2, 0) is 0 Å². The molecular formula is C10H17N3O2. The summed E-state index contributed by atoms with van der Waals surface area (Å²) in [7, 11) is 0. The molecule has 0 atom stereocenters. The summed E-state index contributed by atoms with van der Waals surface area (Å²) in [6, 6.07) is 1.79. The zero-order valence-electron chi connectivity index (χ0n) is 9.16. The monoisotopic (exact) mass is 211 g/mol. The van der Waals surface area contributed by atoms with E-state index < -0.39 is 0 Å². The molecule has 0 saturated heterocycles. The topological polar surface area (TPSA) is 67.3 Å². The van der Waals surface area contributed by atoms with Crippen molar-refractivity contribution in [1.29, 1.82) is 0 Å². The van der Waals surface area contributed by atoms with Gasteiger partial charge in [0, 0.05) is 24.9 Å². The van der Waals surface area contributed by atoms with E-state index in [1.54, 1.807) is 6.07 Å². The van der Waals surface area contributed by atoms with E-state index in [-0.39, 0.29) is 6.61 Å². The molecule has 5 nitrogen and oxygen atoms in total. The molecule has 84 valence electrons. The largest absolute Gasteiger partial charge is 0.478 e. The Morgan fingerprint density at radius 3 is 2.93 bits per heavy atom. The fourth-order valence-corrected chi connectivity index (χ4v) is 1.12. The lowest BCUT2D eigenvalue weighted by molar-refractivity contribution is 0.292. The van der Waals surface area contributed by atoms with Gasteiger partial charge in [-0.25, -0.2) is 4.98 Å². The van der Waals surface area contributed by atoms with Crippen molar-refractivity contribution in [3.05, 3.63) is 11.8 Å². The normalized spacial score (nSPS) is 10.1. The van der Waals surface area contributed by atoms with Gasteiger partial charge in [0.2, 0.25) is 11.8 Å². The Bertz CT molecular complexity index is 305. The molecule has 1 aromatic rings. The number of aryl methyl sites for hydroxylation is 1. The molecule has 0 saturated carbocycles. The van der Waals surface area contributed by atoms with Gasteiger partial charge in [0.15, 0.2) is 0 Å². The summed E-state index contributed by atoms with van der Waals surface area (Å²) in [5, 5.41) is 11.7. The Balaban J connectivity index is 2.62. The molecule has 1 aromatic heterocycles. The molecule has 0 fully saturated rings. The maximum Gasteiger partial charge on any atom is 0.226 e. The summed E-state index contributed by atoms with van der Waals surface area (Å²) in [6.07, 6.45) is 0.682. The van der Waals surface area contributed by atoms with Crippen LogP contribution in [0.5, 0.6) is 5.88 Å². The van der Waals surface area contributed by atoms with Crippen LogP contribution in [0, 0.1) is 6.92 Å². The van der Waals surface area contributed by atoms with Crippen LogP contribution in [0.1, 0.15) is 19.0 Å². The Hall–Kier alpha value is -1.36. The fourth-order valence-electron chi connectivity index (χ4n) is 1.12. The molecule has 0 amide bonds. The van der Waals surface area contributed by atoms with Crippen molar-refractivity contribution >= 4 is 5.95 Å². The summed E-state index contributed by atoms with van der Waals surface area (Å²) >= 11 is 0. The van der Waals surface area contributed by atoms with E-state index in [1.807, 2.05) is 13.8 Å². The molecule has 1 heterocycles. The second-order valence-electron chi connectivity index (χ2n) is 3.11. The first-order valence-electron chi connectivity index (χ1n) is 5.09. The van der Waals surface area contributed by atoms with E-state index in [4.69, 9.17) is 9.84 Å². The molecule has 0 aliphatic rings. The van der Waals surface area contributed by atoms with Crippen molar-refractivity contribution in [2.24, 2.45) is 0 Å². The smallest absolute Gasteiger partial charge is 0.226 e. The van der Waals surface area contributed by atoms with Crippen LogP contribution in [0.4, 0.5) is 5.95 Å². The lowest BCUT2D eigenvalue weighted by atomic mass is 10.4. The van der Waals surface area contributed by atoms with Crippen molar-refractivity contribution < 1.29 is 9.84 Å². The molecule has 15 heavy (non-hydrogen) atoms. The van der Waals surface area contributed by atoms with Gasteiger partial charge in [0.05, 0.1) is 6.61 Å². The highest BCUT2D eigenvalue weighted by atomic mass is 16.5. The zero-order valence-corrected chi connectivity index (χ0v) is 9.16. The van der Waals surface area contributed by atoms with E-state index in [9.17, 15) is 0 Å². The van der Waals surface area contributed by atoms with Gasteiger partial charge < -0.3 is 15.2 Å². The van der Waals surface area contributed by atoms with Gasteiger partial charge in [-0.2, -0.15) is 4.98 Å². The van der Waals surface area contributed by atoms with Crippen LogP contribution in [0.25, 0.3) is 0 Å². The van der Waals surface area contributed by atoms with Crippen molar-refractivity contribution in [2.45, 2.75) is 20.3 Å². The van der Waals surface area contributed by atoms with Crippen molar-refractivity contribution in [2.75, 3.05) is 25.1 Å². The van der Waals surface area contributed by atoms with E-state index in [0.29, 0.717) is 31.4 Å². The minimum atomic E-state index is 0.164. The van der Waals surface area contributed by atoms with Crippen LogP contribution in [-0.4, -0.2) is 34.8 Å². The van der Waals surface area contributed by atoms with Crippen LogP contribution >= 0.6 is 0 Å². The highest BCUT2D eigenvalue weighted by Gasteiger charge is 2.01. The third-order valence-electron chi connectivity index (χ3n) is 1.74. The summed E-state index contributed by atoms with van der Waals surface area (Å²) in [5.41, 5.74) is 0.861. The Kier molecular flexibility index (Phi) is 4.83. The minimum absolute atomic E-state index is 0.164. The van der Waals surface area contributed by atoms with Gasteiger partial charge in [-0.15, -0.1) is 0 Å². The number of aliphatic hydroxyl groups is 1. The molecule has 0 spiro atoms. The third kappa shape index (κ3) is 4.12. The molecule has 5 heteroatoms. The number of aliphatic hydroxyl groups excluding tert-OH is 1. The van der Waals surface area contributed by atoms with Crippen LogP contribution in [0.15, 0.2) is 6.07 Å². The fraction of sp³-hybridized carbons (Fsp3) is 0.600. The molecule has 0 aliphatic carbocycles. The third-order valence-corrected chi connectivity index (χ3v) is 1.74. The van der Waals surface area contributed by atoms with Gasteiger partial charge in [-0.1, -0.05) is 0 Å². The van der Waals surface area contributed by atoms with Crippen LogP contribution in [0.3, 0.4) is 0 Å². The first-order valence-corrected chi connectivity index (χ1v) is 5.09. The predicted octanol–water partition coefficient (Wildman–Crippen LogP) is 0.978. The Labute approximate surface area is 89.5 Å². The molecular weight excluding hydrogens is 194 g/mol. The van der Waals surface area contributed by atoms with Crippen LogP contribution < -0.4 is 10.1 Å². The van der Waals surface area contributed by atoms with Gasteiger partial charge >= 0.3 is 0 Å². The number of rotatable bonds is 6. The summed E-state index contributed by atoms with van der Waals surface area (Å²) < 4.78 is 5.29. The number of nitrogens with one attached hydrogen (secondary N) is 1. The second kappa shape index (κ2) is 6.19. The quantitative estimate of drug-likeness (QED) is 0.686. The predicted molar refractivity (Wildman–Crippen MR) is 58.1 cm³/mol. The number of nitrogens with zero attached hydrogens (tertiary/aromatic N) is 2. The maximum atomic E-state index is 8.63. The van der Waals surface area contributed by atoms with Gasteiger partial charge in [-0.3, -0.25) is 0 Å². The first kappa shape index (κ1) is 11.7. The molecule has 0 radical (unpaired) electrons. The number of hydrogen-bond donors (Lipinski definition) is 2. The van der Waals surface area contributed by atoms with Crippen molar-refractivity contribution in [3.8, 4) is 5.88 Å². The highest BCUT2D eigenvalue weighted by Crippen LogP contribution is 2.11. The average Bonchev–Trinajstić information content (AvgIpc) is 2.18. The van der Waals surface area contributed by atoms with E-state index in [2.05, 4.69) is 15.3 Å². The van der Waals surface area contributed by atoms with E-state index >= 15 is 0 Å². The number of aromatic nitrogens is 2. The Morgan fingerprint density at radius 2 is 2.27 bits per heavy atom. The summed E-state index contributed by atoms with van der Waals surface area (Å²) in [4.78, 5) is 8.37. The van der Waals surface area contributed by atoms with E-state index in [0.717, 1.165) is 5.69 Å². The number of anilines is 1. The zero-order chi connectivity index (χ0) is 11.1. The molecule has 1 rings (SSSR count). The lowest BCUT2D eigenvalue weighted by Crippen LogP contribution is -2.08. The molecule has 0 aromatic carbocycles. The Morgan fingerprint density at radius 1 is 1.47 bits per heavy atom. The van der Waals surface area contributed by atoms with Crippen LogP contribution in [0.2, 0.25) is 0 Å². The molecule has 2 N–H and O–H groups in total. The van der Waals surface area contributed by atoms with Crippen molar-refractivity contribution in [3.63, 3.8) is 0 Å². The SMILES string of the molecule is CCOc1cc(C)nc(NCCCO)n1. The first-order chi connectivity index (χ1) is 7.26. The minimum Gasteiger partial charge on any atom is -0.478 e. The summed E-state index contributed by atoms with van der Waals surface area (Å²) in [6.45, 7) is 5.22. The maximum absolute atomic E-state index is 8.63. The van der Waals surface area contributed by atoms with Gasteiger partial charge in [0.25, 0.3) is 0 Å². The molecule has 0 aliphatic heterocycles. The second-order valence-corrected chi connectivity index (χ2v) is 3.11. The number of ether oxygens (including phenoxy) is 1. The number of hydrogen-bond acceptors (Lipinski definition) is 5. The highest BCUT2D eigenvalue weighted by molar-refractivity contribution is 5.30. The van der Waals surface area contributed by atoms with E-state index in [1.165, 1.54) is 0 Å². The lowest BCUT2D eigenvalue weighted by Gasteiger charge is -2.07. The van der Waals surface area contributed by atoms with Gasteiger partial charge in [-0.05, 0) is 20.3 Å². The standard InChI is InChI=1S/C10H17N3O2/c1-3-15-9-7-8(2)12-10(13-9)11-5-4-6-14/h7,14H,3-6H2,1-2H3,(H,11,12,13). The summed E-state index contributed by atoms with van der Waals surface area (Å²) in [5.74, 6) is 1.13. The molecule has 0 bridgehead atoms. The molecule has 0 unspecified atom stereocenters. The van der Waals surface area contributed by atoms with Gasteiger partial charge in [0.1, 0.15) is 0 Å². The average molecular weight is 211 g/mol. The van der Waals surface area contributed by atoms with Crippen molar-refractivity contribution in [1.82, 2.24) is 9.97 Å².